The van der Waals surface area contributed by atoms with Crippen molar-refractivity contribution in [3.05, 3.63) is 29.7 Å². The highest BCUT2D eigenvalue weighted by molar-refractivity contribution is 5.99. The van der Waals surface area contributed by atoms with Gasteiger partial charge in [-0.15, -0.1) is 0 Å². The van der Waals surface area contributed by atoms with E-state index in [1.165, 1.54) is 32.2 Å². The van der Waals surface area contributed by atoms with Gasteiger partial charge in [0.25, 0.3) is 5.91 Å². The molecule has 0 spiro atoms. The van der Waals surface area contributed by atoms with E-state index in [9.17, 15) is 4.79 Å². The van der Waals surface area contributed by atoms with Crippen molar-refractivity contribution < 1.29 is 9.90 Å². The minimum absolute atomic E-state index is 0.0533. The highest BCUT2D eigenvalue weighted by atomic mass is 16.3. The van der Waals surface area contributed by atoms with E-state index in [1.54, 1.807) is 16.9 Å². The molecule has 1 amide bonds. The smallest absolute Gasteiger partial charge is 0.259 e. The molecule has 2 bridgehead atoms. The van der Waals surface area contributed by atoms with Crippen molar-refractivity contribution in [1.29, 1.82) is 0 Å². The van der Waals surface area contributed by atoms with Crippen LogP contribution in [0.25, 0.3) is 5.65 Å². The van der Waals surface area contributed by atoms with Gasteiger partial charge in [-0.25, -0.2) is 9.50 Å². The van der Waals surface area contributed by atoms with Gasteiger partial charge in [-0.1, -0.05) is 0 Å². The minimum Gasteiger partial charge on any atom is -0.396 e. The molecule has 1 aliphatic carbocycles. The van der Waals surface area contributed by atoms with Gasteiger partial charge in [-0.3, -0.25) is 9.69 Å². The third kappa shape index (κ3) is 3.34. The number of rotatable bonds is 5. The number of aliphatic hydroxyl groups excluding tert-OH is 1. The molecule has 0 aromatic carbocycles. The van der Waals surface area contributed by atoms with Gasteiger partial charge < -0.3 is 10.0 Å². The Labute approximate surface area is 159 Å². The summed E-state index contributed by atoms with van der Waals surface area (Å²) in [5.41, 5.74) is 2.10. The maximum absolute atomic E-state index is 13.3. The van der Waals surface area contributed by atoms with Crippen molar-refractivity contribution >= 4 is 11.6 Å². The average Bonchev–Trinajstić information content (AvgIpc) is 3.45. The van der Waals surface area contributed by atoms with Gasteiger partial charge in [0.1, 0.15) is 5.56 Å². The number of hydrogen-bond donors (Lipinski definition) is 1. The van der Waals surface area contributed by atoms with Crippen LogP contribution in [0.15, 0.2) is 18.6 Å². The first-order valence-corrected chi connectivity index (χ1v) is 10.2. The molecule has 4 aliphatic rings. The van der Waals surface area contributed by atoms with Crippen LogP contribution in [-0.2, 0) is 6.42 Å². The monoisotopic (exact) mass is 369 g/mol. The van der Waals surface area contributed by atoms with Gasteiger partial charge in [-0.05, 0) is 49.5 Å². The number of carbonyl (C=O) groups is 1. The van der Waals surface area contributed by atoms with Gasteiger partial charge in [-0.2, -0.15) is 5.10 Å². The van der Waals surface area contributed by atoms with E-state index >= 15 is 0 Å². The lowest BCUT2D eigenvalue weighted by atomic mass is 9.95. The fourth-order valence-corrected chi connectivity index (χ4v) is 4.69. The fraction of sp³-hybridized carbons (Fsp3) is 0.650. The number of aliphatic hydroxyl groups is 1. The summed E-state index contributed by atoms with van der Waals surface area (Å²) in [6.45, 7) is 4.10. The second-order valence-electron chi connectivity index (χ2n) is 8.47. The van der Waals surface area contributed by atoms with Crippen LogP contribution in [0.4, 0.5) is 0 Å². The Kier molecular flexibility index (Phi) is 4.36. The standard InChI is InChI=1S/C20H27N5O2/c26-6-5-15-7-21-19-18(8-22-25(19)12-15)20(27)24-11-16-3-4-17(13-24)23(10-16)9-14-1-2-14/h7-8,12,14,16-17,26H,1-6,9-11,13H2/t16-,17-/m0/s1. The maximum Gasteiger partial charge on any atom is 0.259 e. The minimum atomic E-state index is 0.0533. The molecule has 0 radical (unpaired) electrons. The zero-order valence-corrected chi connectivity index (χ0v) is 15.6. The Morgan fingerprint density at radius 2 is 2.04 bits per heavy atom. The molecule has 1 saturated carbocycles. The van der Waals surface area contributed by atoms with Crippen LogP contribution < -0.4 is 0 Å². The molecule has 144 valence electrons. The quantitative estimate of drug-likeness (QED) is 0.858. The molecular weight excluding hydrogens is 342 g/mol. The number of carbonyl (C=O) groups excluding carboxylic acids is 1. The zero-order valence-electron chi connectivity index (χ0n) is 15.6. The average molecular weight is 369 g/mol. The molecule has 6 rings (SSSR count). The molecule has 2 aromatic rings. The van der Waals surface area contributed by atoms with Crippen LogP contribution in [0.5, 0.6) is 0 Å². The molecule has 3 saturated heterocycles. The number of hydrogen-bond acceptors (Lipinski definition) is 5. The molecule has 2 atom stereocenters. The van der Waals surface area contributed by atoms with Crippen LogP contribution in [0.1, 0.15) is 41.6 Å². The molecule has 27 heavy (non-hydrogen) atoms. The Balaban J connectivity index is 1.37. The summed E-state index contributed by atoms with van der Waals surface area (Å²) in [4.78, 5) is 22.4. The third-order valence-electron chi connectivity index (χ3n) is 6.34. The van der Waals surface area contributed by atoms with Crippen LogP contribution in [0.2, 0.25) is 0 Å². The van der Waals surface area contributed by atoms with Gasteiger partial charge in [0.15, 0.2) is 5.65 Å². The predicted octanol–water partition coefficient (Wildman–Crippen LogP) is 1.21. The van der Waals surface area contributed by atoms with Gasteiger partial charge >= 0.3 is 0 Å². The molecule has 1 N–H and O–H groups in total. The van der Waals surface area contributed by atoms with Crippen molar-refractivity contribution in [1.82, 2.24) is 24.4 Å². The molecule has 4 fully saturated rings. The van der Waals surface area contributed by atoms with Gasteiger partial charge in [0.05, 0.1) is 6.20 Å². The lowest BCUT2D eigenvalue weighted by molar-refractivity contribution is 0.0738. The van der Waals surface area contributed by atoms with E-state index in [2.05, 4.69) is 15.0 Å². The van der Waals surface area contributed by atoms with E-state index in [-0.39, 0.29) is 12.5 Å². The largest absolute Gasteiger partial charge is 0.396 e. The lowest BCUT2D eigenvalue weighted by Crippen LogP contribution is -2.45. The number of fused-ring (bicyclic) bond motifs is 5. The molecule has 7 heteroatoms. The Hall–Kier alpha value is -1.99. The highest BCUT2D eigenvalue weighted by Gasteiger charge is 2.39. The molecule has 3 aliphatic heterocycles. The first kappa shape index (κ1) is 17.1. The van der Waals surface area contributed by atoms with Crippen molar-refractivity contribution in [2.24, 2.45) is 11.8 Å². The maximum atomic E-state index is 13.3. The van der Waals surface area contributed by atoms with Crippen LogP contribution >= 0.6 is 0 Å². The molecule has 7 nitrogen and oxygen atoms in total. The SMILES string of the molecule is O=C(c1cnn2cc(CCO)cnc12)N1C[C@H]2CC[C@@H](C1)N(CC1CC1)C2. The summed E-state index contributed by atoms with van der Waals surface area (Å²) in [6, 6.07) is 0.499. The molecule has 2 aromatic heterocycles. The van der Waals surface area contributed by atoms with Crippen LogP contribution in [0, 0.1) is 11.8 Å². The summed E-state index contributed by atoms with van der Waals surface area (Å²) < 4.78 is 1.66. The Morgan fingerprint density at radius 3 is 2.85 bits per heavy atom. The van der Waals surface area contributed by atoms with Crippen LogP contribution in [-0.4, -0.2) is 74.2 Å². The first-order chi connectivity index (χ1) is 13.2. The van der Waals surface area contributed by atoms with E-state index in [0.29, 0.717) is 29.6 Å². The second-order valence-corrected chi connectivity index (χ2v) is 8.47. The summed E-state index contributed by atoms with van der Waals surface area (Å²) in [5, 5.41) is 13.4. The number of amides is 1. The molecular formula is C20H27N5O2. The topological polar surface area (TPSA) is 74.0 Å². The molecule has 0 unspecified atom stereocenters. The summed E-state index contributed by atoms with van der Waals surface area (Å²) in [6.07, 6.45) is 10.9. The third-order valence-corrected chi connectivity index (χ3v) is 6.34. The normalized spacial score (nSPS) is 25.9. The van der Waals surface area contributed by atoms with Crippen LogP contribution in [0.3, 0.4) is 0 Å². The van der Waals surface area contributed by atoms with E-state index in [0.717, 1.165) is 31.1 Å². The summed E-state index contributed by atoms with van der Waals surface area (Å²) in [5.74, 6) is 1.53. The second kappa shape index (κ2) is 6.87. The van der Waals surface area contributed by atoms with Crippen molar-refractivity contribution in [3.8, 4) is 0 Å². The number of piperidine rings is 1. The van der Waals surface area contributed by atoms with Crippen molar-refractivity contribution in [2.45, 2.75) is 38.1 Å². The summed E-state index contributed by atoms with van der Waals surface area (Å²) in [7, 11) is 0. The fourth-order valence-electron chi connectivity index (χ4n) is 4.69. The number of nitrogens with zero attached hydrogens (tertiary/aromatic N) is 5. The lowest BCUT2D eigenvalue weighted by Gasteiger charge is -2.36. The van der Waals surface area contributed by atoms with Crippen molar-refractivity contribution in [3.63, 3.8) is 0 Å². The highest BCUT2D eigenvalue weighted by Crippen LogP contribution is 2.35. The van der Waals surface area contributed by atoms with E-state index in [1.807, 2.05) is 11.1 Å². The zero-order chi connectivity index (χ0) is 18.4. The predicted molar refractivity (Wildman–Crippen MR) is 100 cm³/mol. The Bertz CT molecular complexity index is 846. The van der Waals surface area contributed by atoms with Gasteiger partial charge in [0, 0.05) is 51.2 Å². The molecule has 5 heterocycles. The van der Waals surface area contributed by atoms with E-state index in [4.69, 9.17) is 5.11 Å². The number of aromatic nitrogens is 3. The first-order valence-electron chi connectivity index (χ1n) is 10.2. The Morgan fingerprint density at radius 1 is 1.15 bits per heavy atom. The van der Waals surface area contributed by atoms with E-state index < -0.39 is 0 Å². The summed E-state index contributed by atoms with van der Waals surface area (Å²) >= 11 is 0. The van der Waals surface area contributed by atoms with Gasteiger partial charge in [0.2, 0.25) is 0 Å². The van der Waals surface area contributed by atoms with Crippen molar-refractivity contribution in [2.75, 3.05) is 32.8 Å².